The quantitative estimate of drug-likeness (QED) is 0.667. The van der Waals surface area contributed by atoms with Crippen LogP contribution in [0.3, 0.4) is 0 Å². The van der Waals surface area contributed by atoms with Gasteiger partial charge in [0.2, 0.25) is 23.6 Å². The van der Waals surface area contributed by atoms with Gasteiger partial charge in [0.15, 0.2) is 0 Å². The van der Waals surface area contributed by atoms with Gasteiger partial charge in [0, 0.05) is 26.7 Å². The molecule has 16 heavy (non-hydrogen) atoms. The van der Waals surface area contributed by atoms with Gasteiger partial charge in [0.25, 0.3) is 0 Å². The average molecular weight is 228 g/mol. The third-order valence-corrected chi connectivity index (χ3v) is 1.94. The Balaban J connectivity index is 4.08. The number of nitrogens with two attached hydrogens (primary N) is 1. The first-order valence-electron chi connectivity index (χ1n) is 4.98. The Morgan fingerprint density at radius 1 is 0.938 bits per heavy atom. The molecule has 4 amide bonds. The molecular formula is C10H16N2O4. The molecule has 0 radical (unpaired) electrons. The Kier molecular flexibility index (Phi) is 5.99. The van der Waals surface area contributed by atoms with Crippen LogP contribution in [-0.2, 0) is 19.2 Å². The summed E-state index contributed by atoms with van der Waals surface area (Å²) in [6, 6.07) is 0. The molecule has 0 aromatic carbocycles. The summed E-state index contributed by atoms with van der Waals surface area (Å²) in [6.07, 6.45) is 1.17. The van der Waals surface area contributed by atoms with Gasteiger partial charge in [-0.15, -0.1) is 0 Å². The minimum atomic E-state index is -0.590. The van der Waals surface area contributed by atoms with Crippen molar-refractivity contribution in [3.05, 3.63) is 0 Å². The van der Waals surface area contributed by atoms with E-state index in [0.717, 1.165) is 13.8 Å². The smallest absolute Gasteiger partial charge is 0.236 e. The van der Waals surface area contributed by atoms with Crippen molar-refractivity contribution in [1.82, 2.24) is 4.90 Å². The number of imide groups is 3. The fourth-order valence-corrected chi connectivity index (χ4v) is 1.26. The number of unbranched alkanes of at least 4 members (excludes halogenated alkanes) is 1. The predicted molar refractivity (Wildman–Crippen MR) is 55.9 cm³/mol. The lowest BCUT2D eigenvalue weighted by Gasteiger charge is -2.14. The normalized spacial score (nSPS) is 9.62. The highest BCUT2D eigenvalue weighted by atomic mass is 16.2. The van der Waals surface area contributed by atoms with E-state index in [-0.39, 0.29) is 12.8 Å². The second-order valence-electron chi connectivity index (χ2n) is 3.44. The molecule has 0 aliphatic rings. The minimum absolute atomic E-state index is 0.0619. The second kappa shape index (κ2) is 6.71. The summed E-state index contributed by atoms with van der Waals surface area (Å²) in [6.45, 7) is 2.31. The van der Waals surface area contributed by atoms with Crippen LogP contribution in [0.2, 0.25) is 0 Å². The summed E-state index contributed by atoms with van der Waals surface area (Å²) in [4.78, 5) is 44.4. The molecule has 0 spiro atoms. The predicted octanol–water partition coefficient (Wildman–Crippen LogP) is -0.0463. The van der Waals surface area contributed by atoms with Crippen LogP contribution in [0.5, 0.6) is 0 Å². The molecule has 0 aliphatic carbocycles. The largest absolute Gasteiger partial charge is 0.370 e. The lowest BCUT2D eigenvalue weighted by atomic mass is 10.1. The molecule has 0 aliphatic heterocycles. The first-order valence-corrected chi connectivity index (χ1v) is 4.98. The zero-order chi connectivity index (χ0) is 12.7. The van der Waals surface area contributed by atoms with E-state index < -0.39 is 23.6 Å². The number of carbonyl (C=O) groups excluding carboxylic acids is 4. The number of carbonyl (C=O) groups is 4. The van der Waals surface area contributed by atoms with Crippen molar-refractivity contribution < 1.29 is 19.2 Å². The molecule has 0 saturated heterocycles. The fourth-order valence-electron chi connectivity index (χ4n) is 1.26. The van der Waals surface area contributed by atoms with Gasteiger partial charge in [-0.25, -0.2) is 4.90 Å². The van der Waals surface area contributed by atoms with E-state index in [1.807, 2.05) is 0 Å². The molecule has 0 bridgehead atoms. The SMILES string of the molecule is CC(=O)N(C(C)=O)C(=O)CCCCC(N)=O. The highest BCUT2D eigenvalue weighted by Crippen LogP contribution is 2.04. The van der Waals surface area contributed by atoms with E-state index in [1.165, 1.54) is 0 Å². The van der Waals surface area contributed by atoms with E-state index in [4.69, 9.17) is 5.73 Å². The molecular weight excluding hydrogens is 212 g/mol. The number of hydrogen-bond donors (Lipinski definition) is 1. The average Bonchev–Trinajstić information content (AvgIpc) is 2.10. The molecule has 6 heteroatoms. The standard InChI is InChI=1S/C10H16N2O4/c1-7(13)12(8(2)14)10(16)6-4-3-5-9(11)15/h3-6H2,1-2H3,(H2,11,15). The Hall–Kier alpha value is -1.72. The van der Waals surface area contributed by atoms with Gasteiger partial charge in [-0.2, -0.15) is 0 Å². The van der Waals surface area contributed by atoms with Crippen molar-refractivity contribution in [2.75, 3.05) is 0 Å². The zero-order valence-corrected chi connectivity index (χ0v) is 9.49. The molecule has 90 valence electrons. The number of amides is 4. The maximum atomic E-state index is 11.4. The second-order valence-corrected chi connectivity index (χ2v) is 3.44. The zero-order valence-electron chi connectivity index (χ0n) is 9.49. The number of nitrogens with zero attached hydrogens (tertiary/aromatic N) is 1. The molecule has 0 atom stereocenters. The first-order chi connectivity index (χ1) is 7.36. The van der Waals surface area contributed by atoms with Gasteiger partial charge in [-0.05, 0) is 12.8 Å². The number of primary amides is 1. The van der Waals surface area contributed by atoms with Crippen LogP contribution in [0.1, 0.15) is 39.5 Å². The van der Waals surface area contributed by atoms with E-state index in [2.05, 4.69) is 0 Å². The summed E-state index contributed by atoms with van der Waals surface area (Å²) < 4.78 is 0. The van der Waals surface area contributed by atoms with Gasteiger partial charge in [0.05, 0.1) is 0 Å². The van der Waals surface area contributed by atoms with Crippen LogP contribution in [0.15, 0.2) is 0 Å². The van der Waals surface area contributed by atoms with Gasteiger partial charge in [0.1, 0.15) is 0 Å². The summed E-state index contributed by atoms with van der Waals surface area (Å²) in [5, 5.41) is 0. The molecule has 0 heterocycles. The highest BCUT2D eigenvalue weighted by Gasteiger charge is 2.21. The van der Waals surface area contributed by atoms with E-state index in [9.17, 15) is 19.2 Å². The van der Waals surface area contributed by atoms with Crippen LogP contribution in [0, 0.1) is 0 Å². The van der Waals surface area contributed by atoms with Gasteiger partial charge in [-0.1, -0.05) is 0 Å². The Bertz CT molecular complexity index is 298. The fraction of sp³-hybridized carbons (Fsp3) is 0.600. The monoisotopic (exact) mass is 228 g/mol. The lowest BCUT2D eigenvalue weighted by Crippen LogP contribution is -2.38. The molecule has 0 fully saturated rings. The Morgan fingerprint density at radius 3 is 1.75 bits per heavy atom. The summed E-state index contributed by atoms with van der Waals surface area (Å²) in [5.74, 6) is -2.15. The van der Waals surface area contributed by atoms with Crippen molar-refractivity contribution in [2.45, 2.75) is 39.5 Å². The highest BCUT2D eigenvalue weighted by molar-refractivity contribution is 6.09. The van der Waals surface area contributed by atoms with Gasteiger partial charge >= 0.3 is 0 Å². The third kappa shape index (κ3) is 5.23. The third-order valence-electron chi connectivity index (χ3n) is 1.94. The Morgan fingerprint density at radius 2 is 1.38 bits per heavy atom. The summed E-state index contributed by atoms with van der Waals surface area (Å²) in [7, 11) is 0. The maximum absolute atomic E-state index is 11.4. The maximum Gasteiger partial charge on any atom is 0.236 e. The van der Waals surface area contributed by atoms with Crippen molar-refractivity contribution >= 4 is 23.6 Å². The summed E-state index contributed by atoms with van der Waals surface area (Å²) >= 11 is 0. The number of hydrogen-bond acceptors (Lipinski definition) is 4. The molecule has 0 saturated carbocycles. The lowest BCUT2D eigenvalue weighted by molar-refractivity contribution is -0.152. The minimum Gasteiger partial charge on any atom is -0.370 e. The van der Waals surface area contributed by atoms with Crippen molar-refractivity contribution in [1.29, 1.82) is 0 Å². The summed E-state index contributed by atoms with van der Waals surface area (Å²) in [5.41, 5.74) is 4.92. The first kappa shape index (κ1) is 14.3. The number of rotatable bonds is 5. The van der Waals surface area contributed by atoms with Crippen LogP contribution in [0.25, 0.3) is 0 Å². The Labute approximate surface area is 93.8 Å². The van der Waals surface area contributed by atoms with Gasteiger partial charge in [-0.3, -0.25) is 19.2 Å². The molecule has 2 N–H and O–H groups in total. The topological polar surface area (TPSA) is 97.5 Å². The molecule has 0 unspecified atom stereocenters. The van der Waals surface area contributed by atoms with Crippen LogP contribution in [-0.4, -0.2) is 28.5 Å². The van der Waals surface area contributed by atoms with Crippen molar-refractivity contribution in [2.24, 2.45) is 5.73 Å². The molecule has 0 rings (SSSR count). The van der Waals surface area contributed by atoms with Crippen LogP contribution < -0.4 is 5.73 Å². The van der Waals surface area contributed by atoms with E-state index in [0.29, 0.717) is 17.7 Å². The van der Waals surface area contributed by atoms with Crippen LogP contribution in [0.4, 0.5) is 0 Å². The van der Waals surface area contributed by atoms with Gasteiger partial charge < -0.3 is 5.73 Å². The molecule has 6 nitrogen and oxygen atoms in total. The molecule has 0 aromatic heterocycles. The van der Waals surface area contributed by atoms with E-state index >= 15 is 0 Å². The van der Waals surface area contributed by atoms with Crippen molar-refractivity contribution in [3.8, 4) is 0 Å². The van der Waals surface area contributed by atoms with Crippen molar-refractivity contribution in [3.63, 3.8) is 0 Å². The molecule has 0 aromatic rings. The van der Waals surface area contributed by atoms with Crippen LogP contribution >= 0.6 is 0 Å². The van der Waals surface area contributed by atoms with E-state index in [1.54, 1.807) is 0 Å².